The molecule has 1 N–H and O–H groups in total. The third-order valence-corrected chi connectivity index (χ3v) is 6.62. The van der Waals surface area contributed by atoms with E-state index in [4.69, 9.17) is 0 Å². The SMILES string of the molecule is Cc1ccc(S(=O)(=O)NCc2ccc(Cn3ccccc3=O)cc2)s1. The Morgan fingerprint density at radius 1 is 1.00 bits per heavy atom. The summed E-state index contributed by atoms with van der Waals surface area (Å²) in [6.45, 7) is 2.59. The zero-order valence-corrected chi connectivity index (χ0v) is 15.3. The Bertz CT molecular complexity index is 1020. The van der Waals surface area contributed by atoms with E-state index in [0.717, 1.165) is 16.0 Å². The summed E-state index contributed by atoms with van der Waals surface area (Å²) in [7, 11) is -3.48. The summed E-state index contributed by atoms with van der Waals surface area (Å²) in [5.41, 5.74) is 1.79. The second-order valence-electron chi connectivity index (χ2n) is 5.67. The van der Waals surface area contributed by atoms with Crippen LogP contribution in [0, 0.1) is 6.92 Å². The summed E-state index contributed by atoms with van der Waals surface area (Å²) in [4.78, 5) is 12.7. The standard InChI is InChI=1S/C18H18N2O3S2/c1-14-5-10-18(24-14)25(22,23)19-12-15-6-8-16(9-7-15)13-20-11-3-2-4-17(20)21/h2-11,19H,12-13H2,1H3. The van der Waals surface area contributed by atoms with Crippen molar-refractivity contribution in [3.05, 3.63) is 87.2 Å². The number of aryl methyl sites for hydroxylation is 1. The van der Waals surface area contributed by atoms with E-state index in [-0.39, 0.29) is 12.1 Å². The number of hydrogen-bond donors (Lipinski definition) is 1. The number of hydrogen-bond acceptors (Lipinski definition) is 4. The van der Waals surface area contributed by atoms with Crippen molar-refractivity contribution in [2.45, 2.75) is 24.2 Å². The lowest BCUT2D eigenvalue weighted by atomic mass is 10.1. The van der Waals surface area contributed by atoms with Crippen molar-refractivity contribution in [2.24, 2.45) is 0 Å². The van der Waals surface area contributed by atoms with E-state index in [2.05, 4.69) is 4.72 Å². The fourth-order valence-corrected chi connectivity index (χ4v) is 4.70. The van der Waals surface area contributed by atoms with E-state index < -0.39 is 10.0 Å². The Morgan fingerprint density at radius 2 is 1.72 bits per heavy atom. The van der Waals surface area contributed by atoms with Crippen LogP contribution in [0.2, 0.25) is 0 Å². The average molecular weight is 374 g/mol. The van der Waals surface area contributed by atoms with Crippen LogP contribution in [0.5, 0.6) is 0 Å². The van der Waals surface area contributed by atoms with Gasteiger partial charge in [0.2, 0.25) is 10.0 Å². The zero-order valence-electron chi connectivity index (χ0n) is 13.7. The number of benzene rings is 1. The monoisotopic (exact) mass is 374 g/mol. The summed E-state index contributed by atoms with van der Waals surface area (Å²) in [5, 5.41) is 0. The molecule has 5 nitrogen and oxygen atoms in total. The molecule has 0 atom stereocenters. The van der Waals surface area contributed by atoms with Crippen molar-refractivity contribution in [1.82, 2.24) is 9.29 Å². The Morgan fingerprint density at radius 3 is 2.36 bits per heavy atom. The number of thiophene rings is 1. The van der Waals surface area contributed by atoms with Crippen LogP contribution in [0.15, 0.2) is 69.8 Å². The molecule has 2 aromatic heterocycles. The highest BCUT2D eigenvalue weighted by atomic mass is 32.2. The first-order valence-corrected chi connectivity index (χ1v) is 10.0. The Hall–Kier alpha value is -2.22. The molecule has 1 aromatic carbocycles. The van der Waals surface area contributed by atoms with Gasteiger partial charge in [0.05, 0.1) is 6.54 Å². The quantitative estimate of drug-likeness (QED) is 0.721. The van der Waals surface area contributed by atoms with Crippen LogP contribution in [-0.2, 0) is 23.1 Å². The van der Waals surface area contributed by atoms with Crippen LogP contribution < -0.4 is 10.3 Å². The first kappa shape index (κ1) is 17.6. The van der Waals surface area contributed by atoms with Crippen LogP contribution in [0.1, 0.15) is 16.0 Å². The molecule has 130 valence electrons. The largest absolute Gasteiger partial charge is 0.311 e. The second-order valence-corrected chi connectivity index (χ2v) is 8.95. The molecule has 2 heterocycles. The van der Waals surface area contributed by atoms with Gasteiger partial charge in [0.1, 0.15) is 4.21 Å². The number of sulfonamides is 1. The van der Waals surface area contributed by atoms with Gasteiger partial charge < -0.3 is 4.57 Å². The van der Waals surface area contributed by atoms with Crippen LogP contribution >= 0.6 is 11.3 Å². The molecule has 0 spiro atoms. The molecule has 3 aromatic rings. The summed E-state index contributed by atoms with van der Waals surface area (Å²) in [6, 6.07) is 16.0. The van der Waals surface area contributed by atoms with Gasteiger partial charge in [-0.25, -0.2) is 13.1 Å². The molecule has 0 aliphatic carbocycles. The Balaban J connectivity index is 1.65. The normalized spacial score (nSPS) is 11.6. The second kappa shape index (κ2) is 7.35. The van der Waals surface area contributed by atoms with Gasteiger partial charge in [0.15, 0.2) is 0 Å². The predicted molar refractivity (Wildman–Crippen MR) is 99.3 cm³/mol. The average Bonchev–Trinajstić information content (AvgIpc) is 3.04. The molecule has 0 unspecified atom stereocenters. The highest BCUT2D eigenvalue weighted by Gasteiger charge is 2.15. The minimum absolute atomic E-state index is 0.0504. The molecule has 0 fully saturated rings. The minimum Gasteiger partial charge on any atom is -0.311 e. The molecular weight excluding hydrogens is 356 g/mol. The fourth-order valence-electron chi connectivity index (χ4n) is 2.36. The van der Waals surface area contributed by atoms with Gasteiger partial charge in [-0.1, -0.05) is 30.3 Å². The van der Waals surface area contributed by atoms with Gasteiger partial charge in [0.25, 0.3) is 5.56 Å². The van der Waals surface area contributed by atoms with Crippen molar-refractivity contribution >= 4 is 21.4 Å². The maximum atomic E-state index is 12.2. The van der Waals surface area contributed by atoms with Gasteiger partial charge >= 0.3 is 0 Å². The number of aromatic nitrogens is 1. The maximum Gasteiger partial charge on any atom is 0.250 e. The molecule has 0 aliphatic rings. The van der Waals surface area contributed by atoms with Gasteiger partial charge in [-0.2, -0.15) is 0 Å². The zero-order chi connectivity index (χ0) is 17.9. The van der Waals surface area contributed by atoms with E-state index in [1.165, 1.54) is 17.4 Å². The number of rotatable bonds is 6. The van der Waals surface area contributed by atoms with Crippen molar-refractivity contribution in [2.75, 3.05) is 0 Å². The van der Waals surface area contributed by atoms with Gasteiger partial charge in [-0.3, -0.25) is 4.79 Å². The molecule has 0 radical (unpaired) electrons. The van der Waals surface area contributed by atoms with E-state index in [1.807, 2.05) is 37.3 Å². The maximum absolute atomic E-state index is 12.2. The highest BCUT2D eigenvalue weighted by Crippen LogP contribution is 2.20. The molecule has 0 saturated carbocycles. The summed E-state index contributed by atoms with van der Waals surface area (Å²) >= 11 is 1.25. The van der Waals surface area contributed by atoms with Crippen molar-refractivity contribution in [1.29, 1.82) is 0 Å². The van der Waals surface area contributed by atoms with Crippen molar-refractivity contribution in [3.8, 4) is 0 Å². The van der Waals surface area contributed by atoms with Gasteiger partial charge in [-0.15, -0.1) is 11.3 Å². The van der Waals surface area contributed by atoms with E-state index in [1.54, 1.807) is 29.0 Å². The number of nitrogens with one attached hydrogen (secondary N) is 1. The molecule has 0 bridgehead atoms. The lowest BCUT2D eigenvalue weighted by molar-refractivity contribution is 0.583. The molecular formula is C18H18N2O3S2. The van der Waals surface area contributed by atoms with E-state index in [9.17, 15) is 13.2 Å². The summed E-state index contributed by atoms with van der Waals surface area (Å²) in [5.74, 6) is 0. The van der Waals surface area contributed by atoms with Crippen LogP contribution in [0.25, 0.3) is 0 Å². The smallest absolute Gasteiger partial charge is 0.250 e. The molecule has 7 heteroatoms. The van der Waals surface area contributed by atoms with Crippen LogP contribution in [-0.4, -0.2) is 13.0 Å². The topological polar surface area (TPSA) is 68.2 Å². The number of nitrogens with zero attached hydrogens (tertiary/aromatic N) is 1. The molecule has 3 rings (SSSR count). The molecule has 0 amide bonds. The highest BCUT2D eigenvalue weighted by molar-refractivity contribution is 7.91. The predicted octanol–water partition coefficient (Wildman–Crippen LogP) is 2.75. The van der Waals surface area contributed by atoms with E-state index in [0.29, 0.717) is 10.8 Å². The van der Waals surface area contributed by atoms with Gasteiger partial charge in [0, 0.05) is 23.7 Å². The molecule has 0 aliphatic heterocycles. The number of pyridine rings is 1. The Kier molecular flexibility index (Phi) is 5.17. The Labute approximate surface area is 150 Å². The van der Waals surface area contributed by atoms with Crippen LogP contribution in [0.4, 0.5) is 0 Å². The molecule has 25 heavy (non-hydrogen) atoms. The third-order valence-electron chi connectivity index (χ3n) is 3.72. The lowest BCUT2D eigenvalue weighted by Crippen LogP contribution is -2.22. The first-order chi connectivity index (χ1) is 11.9. The van der Waals surface area contributed by atoms with Crippen LogP contribution in [0.3, 0.4) is 0 Å². The minimum atomic E-state index is -3.48. The molecule has 0 saturated heterocycles. The third kappa shape index (κ3) is 4.45. The van der Waals surface area contributed by atoms with Gasteiger partial charge in [-0.05, 0) is 36.2 Å². The summed E-state index contributed by atoms with van der Waals surface area (Å²) in [6.07, 6.45) is 1.74. The lowest BCUT2D eigenvalue weighted by Gasteiger charge is -2.08. The summed E-state index contributed by atoms with van der Waals surface area (Å²) < 4.78 is 29.0. The van der Waals surface area contributed by atoms with Crippen molar-refractivity contribution in [3.63, 3.8) is 0 Å². The van der Waals surface area contributed by atoms with E-state index >= 15 is 0 Å². The fraction of sp³-hybridized carbons (Fsp3) is 0.167. The van der Waals surface area contributed by atoms with Crippen molar-refractivity contribution < 1.29 is 8.42 Å². The first-order valence-electron chi connectivity index (χ1n) is 7.73.